The molecular weight excluding hydrogens is 246 g/mol. The second kappa shape index (κ2) is 7.41. The van der Waals surface area contributed by atoms with Gasteiger partial charge in [-0.05, 0) is 30.7 Å². The summed E-state index contributed by atoms with van der Waals surface area (Å²) in [4.78, 5) is 24.6. The van der Waals surface area contributed by atoms with Gasteiger partial charge in [0.2, 0.25) is 0 Å². The maximum atomic E-state index is 12.1. The maximum Gasteiger partial charge on any atom is 0.305 e. The highest BCUT2D eigenvalue weighted by Gasteiger charge is 2.12. The second-order valence-electron chi connectivity index (χ2n) is 4.13. The Balaban J connectivity index is 2.49. The van der Waals surface area contributed by atoms with Crippen molar-refractivity contribution >= 4 is 11.9 Å². The summed E-state index contributed by atoms with van der Waals surface area (Å²) in [5.41, 5.74) is 0.598. The largest absolute Gasteiger partial charge is 0.497 e. The predicted molar refractivity (Wildman–Crippen MR) is 71.2 cm³/mol. The first-order valence-electron chi connectivity index (χ1n) is 6.04. The van der Waals surface area contributed by atoms with E-state index in [4.69, 9.17) is 4.74 Å². The van der Waals surface area contributed by atoms with Crippen LogP contribution in [-0.4, -0.2) is 44.6 Å². The lowest BCUT2D eigenvalue weighted by Crippen LogP contribution is -2.28. The molecule has 0 aromatic heterocycles. The van der Waals surface area contributed by atoms with Crippen LogP contribution >= 0.6 is 0 Å². The van der Waals surface area contributed by atoms with Gasteiger partial charge in [0.25, 0.3) is 5.91 Å². The van der Waals surface area contributed by atoms with Crippen molar-refractivity contribution in [2.45, 2.75) is 12.8 Å². The summed E-state index contributed by atoms with van der Waals surface area (Å²) in [6.07, 6.45) is 0.905. The molecule has 0 bridgehead atoms. The number of ether oxygens (including phenoxy) is 2. The molecule has 1 rings (SSSR count). The van der Waals surface area contributed by atoms with E-state index >= 15 is 0 Å². The molecule has 0 spiro atoms. The molecule has 0 aliphatic heterocycles. The summed E-state index contributed by atoms with van der Waals surface area (Å²) in [5.74, 6) is 0.378. The van der Waals surface area contributed by atoms with Crippen LogP contribution in [0.1, 0.15) is 23.2 Å². The van der Waals surface area contributed by atoms with Crippen molar-refractivity contribution < 1.29 is 19.1 Å². The van der Waals surface area contributed by atoms with Crippen LogP contribution in [0, 0.1) is 0 Å². The van der Waals surface area contributed by atoms with E-state index in [1.165, 1.54) is 7.11 Å². The molecule has 1 aromatic carbocycles. The summed E-state index contributed by atoms with van der Waals surface area (Å²) in [6.45, 7) is 0.514. The zero-order valence-electron chi connectivity index (χ0n) is 11.5. The Kier molecular flexibility index (Phi) is 5.85. The molecule has 0 saturated carbocycles. The van der Waals surface area contributed by atoms with Crippen LogP contribution < -0.4 is 4.74 Å². The van der Waals surface area contributed by atoms with Crippen LogP contribution in [-0.2, 0) is 9.53 Å². The molecule has 0 unspecified atom stereocenters. The summed E-state index contributed by atoms with van der Waals surface area (Å²) in [7, 11) is 4.65. The first kappa shape index (κ1) is 15.0. The van der Waals surface area contributed by atoms with E-state index in [1.54, 1.807) is 43.3 Å². The minimum atomic E-state index is -0.259. The van der Waals surface area contributed by atoms with Crippen LogP contribution in [0.5, 0.6) is 5.75 Å². The van der Waals surface area contributed by atoms with Gasteiger partial charge >= 0.3 is 5.97 Å². The Hall–Kier alpha value is -2.04. The number of benzene rings is 1. The molecule has 0 aliphatic rings. The number of carbonyl (C=O) groups excluding carboxylic acids is 2. The Morgan fingerprint density at radius 3 is 2.32 bits per heavy atom. The number of hydrogen-bond donors (Lipinski definition) is 0. The summed E-state index contributed by atoms with van der Waals surface area (Å²) in [5, 5.41) is 0. The van der Waals surface area contributed by atoms with E-state index in [-0.39, 0.29) is 11.9 Å². The lowest BCUT2D eigenvalue weighted by atomic mass is 10.2. The van der Waals surface area contributed by atoms with Crippen molar-refractivity contribution in [1.29, 1.82) is 0 Å². The maximum absolute atomic E-state index is 12.1. The van der Waals surface area contributed by atoms with Gasteiger partial charge in [-0.3, -0.25) is 9.59 Å². The number of rotatable bonds is 6. The molecule has 0 fully saturated rings. The Morgan fingerprint density at radius 1 is 1.16 bits per heavy atom. The summed E-state index contributed by atoms with van der Waals surface area (Å²) < 4.78 is 9.58. The first-order chi connectivity index (χ1) is 9.08. The van der Waals surface area contributed by atoms with E-state index in [2.05, 4.69) is 4.74 Å². The number of methoxy groups -OCH3 is 2. The van der Waals surface area contributed by atoms with Gasteiger partial charge in [-0.2, -0.15) is 0 Å². The van der Waals surface area contributed by atoms with Gasteiger partial charge in [-0.15, -0.1) is 0 Å². The fourth-order valence-corrected chi connectivity index (χ4v) is 1.62. The predicted octanol–water partition coefficient (Wildman–Crippen LogP) is 1.72. The topological polar surface area (TPSA) is 55.8 Å². The third-order valence-corrected chi connectivity index (χ3v) is 2.79. The zero-order chi connectivity index (χ0) is 14.3. The number of amides is 1. The Bertz CT molecular complexity index is 428. The van der Waals surface area contributed by atoms with E-state index in [0.29, 0.717) is 30.7 Å². The smallest absolute Gasteiger partial charge is 0.305 e. The van der Waals surface area contributed by atoms with Crippen LogP contribution in [0.2, 0.25) is 0 Å². The second-order valence-corrected chi connectivity index (χ2v) is 4.13. The van der Waals surface area contributed by atoms with Crippen molar-refractivity contribution in [3.63, 3.8) is 0 Å². The fourth-order valence-electron chi connectivity index (χ4n) is 1.62. The van der Waals surface area contributed by atoms with E-state index in [9.17, 15) is 9.59 Å². The number of nitrogens with zero attached hydrogens (tertiary/aromatic N) is 1. The van der Waals surface area contributed by atoms with Gasteiger partial charge < -0.3 is 14.4 Å². The van der Waals surface area contributed by atoms with Crippen molar-refractivity contribution in [2.75, 3.05) is 27.8 Å². The Labute approximate surface area is 113 Å². The monoisotopic (exact) mass is 265 g/mol. The molecule has 1 aromatic rings. The van der Waals surface area contributed by atoms with Crippen LogP contribution in [0.15, 0.2) is 24.3 Å². The van der Waals surface area contributed by atoms with Crippen molar-refractivity contribution in [2.24, 2.45) is 0 Å². The van der Waals surface area contributed by atoms with Gasteiger partial charge in [-0.1, -0.05) is 0 Å². The van der Waals surface area contributed by atoms with Crippen molar-refractivity contribution in [3.8, 4) is 5.75 Å². The third kappa shape index (κ3) is 4.62. The molecule has 0 atom stereocenters. The molecule has 0 aliphatic carbocycles. The lowest BCUT2D eigenvalue weighted by molar-refractivity contribution is -0.140. The summed E-state index contributed by atoms with van der Waals surface area (Å²) in [6, 6.07) is 6.93. The summed E-state index contributed by atoms with van der Waals surface area (Å²) >= 11 is 0. The van der Waals surface area contributed by atoms with Crippen molar-refractivity contribution in [1.82, 2.24) is 4.90 Å². The van der Waals surface area contributed by atoms with Gasteiger partial charge in [-0.25, -0.2) is 0 Å². The van der Waals surface area contributed by atoms with E-state index in [0.717, 1.165) is 0 Å². The SMILES string of the molecule is COC(=O)CCCN(C)C(=O)c1ccc(OC)cc1. The molecule has 1 amide bonds. The van der Waals surface area contributed by atoms with Gasteiger partial charge in [0.15, 0.2) is 0 Å². The average molecular weight is 265 g/mol. The highest BCUT2D eigenvalue weighted by atomic mass is 16.5. The number of hydrogen-bond acceptors (Lipinski definition) is 4. The molecule has 19 heavy (non-hydrogen) atoms. The highest BCUT2D eigenvalue weighted by Crippen LogP contribution is 2.12. The molecule has 0 N–H and O–H groups in total. The molecule has 0 heterocycles. The normalized spacial score (nSPS) is 9.84. The molecule has 0 radical (unpaired) electrons. The standard InChI is InChI=1S/C14H19NO4/c1-15(10-4-5-13(16)19-3)14(17)11-6-8-12(18-2)9-7-11/h6-9H,4-5,10H2,1-3H3. The molecular formula is C14H19NO4. The number of carbonyl (C=O) groups is 2. The zero-order valence-corrected chi connectivity index (χ0v) is 11.5. The quantitative estimate of drug-likeness (QED) is 0.735. The molecule has 104 valence electrons. The third-order valence-electron chi connectivity index (χ3n) is 2.79. The first-order valence-corrected chi connectivity index (χ1v) is 6.04. The highest BCUT2D eigenvalue weighted by molar-refractivity contribution is 5.94. The van der Waals surface area contributed by atoms with E-state index < -0.39 is 0 Å². The number of esters is 1. The fraction of sp³-hybridized carbons (Fsp3) is 0.429. The lowest BCUT2D eigenvalue weighted by Gasteiger charge is -2.17. The van der Waals surface area contributed by atoms with Crippen LogP contribution in [0.3, 0.4) is 0 Å². The molecule has 0 saturated heterocycles. The molecule has 5 heteroatoms. The van der Waals surface area contributed by atoms with E-state index in [1.807, 2.05) is 0 Å². The minimum Gasteiger partial charge on any atom is -0.497 e. The minimum absolute atomic E-state index is 0.0764. The van der Waals surface area contributed by atoms with Gasteiger partial charge in [0, 0.05) is 25.6 Å². The average Bonchev–Trinajstić information content (AvgIpc) is 2.46. The van der Waals surface area contributed by atoms with Crippen LogP contribution in [0.25, 0.3) is 0 Å². The van der Waals surface area contributed by atoms with Gasteiger partial charge in [0.05, 0.1) is 14.2 Å². The Morgan fingerprint density at radius 2 is 1.79 bits per heavy atom. The molecule has 5 nitrogen and oxygen atoms in total. The van der Waals surface area contributed by atoms with Crippen LogP contribution in [0.4, 0.5) is 0 Å². The van der Waals surface area contributed by atoms with Crippen molar-refractivity contribution in [3.05, 3.63) is 29.8 Å². The van der Waals surface area contributed by atoms with Gasteiger partial charge in [0.1, 0.15) is 5.75 Å².